The average Bonchev–Trinajstić information content (AvgIpc) is 2.86. The number of nitriles is 1. The third kappa shape index (κ3) is 4.39. The van der Waals surface area contributed by atoms with E-state index < -0.39 is 0 Å². The molecule has 2 aliphatic rings. The van der Waals surface area contributed by atoms with Crippen LogP contribution in [0.15, 0.2) is 54.7 Å². The van der Waals surface area contributed by atoms with Gasteiger partial charge in [0, 0.05) is 80.9 Å². The Balaban J connectivity index is 1.30. The number of nitrogens with one attached hydrogen (secondary N) is 1. The molecule has 2 fully saturated rings. The predicted octanol–water partition coefficient (Wildman–Crippen LogP) is 3.62. The molecule has 2 aliphatic heterocycles. The Morgan fingerprint density at radius 2 is 1.70 bits per heavy atom. The number of hydrogen-bond acceptors (Lipinski definition) is 6. The fourth-order valence-corrected chi connectivity index (χ4v) is 5.34. The van der Waals surface area contributed by atoms with Gasteiger partial charge in [-0.05, 0) is 43.7 Å². The first-order chi connectivity index (χ1) is 16.1. The molecule has 2 aromatic carbocycles. The lowest BCUT2D eigenvalue weighted by molar-refractivity contribution is 0.123. The first-order valence-electron chi connectivity index (χ1n) is 12.0. The highest BCUT2D eigenvalue weighted by Gasteiger charge is 2.30. The van der Waals surface area contributed by atoms with Gasteiger partial charge in [-0.25, -0.2) is 0 Å². The molecule has 0 spiro atoms. The van der Waals surface area contributed by atoms with Gasteiger partial charge in [0.05, 0.1) is 11.1 Å². The lowest BCUT2D eigenvalue weighted by Crippen LogP contribution is -2.56. The summed E-state index contributed by atoms with van der Waals surface area (Å²) in [7, 11) is 0. The van der Waals surface area contributed by atoms with Crippen molar-refractivity contribution in [2.24, 2.45) is 0 Å². The molecule has 3 aromatic rings. The minimum Gasteiger partial charge on any atom is -0.369 e. The zero-order valence-corrected chi connectivity index (χ0v) is 19.5. The van der Waals surface area contributed by atoms with Gasteiger partial charge in [0.25, 0.3) is 0 Å². The molecule has 1 N–H and O–H groups in total. The van der Waals surface area contributed by atoms with Gasteiger partial charge < -0.3 is 15.1 Å². The molecule has 2 atom stereocenters. The van der Waals surface area contributed by atoms with Gasteiger partial charge in [-0.15, -0.1) is 0 Å². The van der Waals surface area contributed by atoms with Crippen LogP contribution in [0.4, 0.5) is 11.4 Å². The number of aromatic nitrogens is 1. The van der Waals surface area contributed by atoms with Crippen LogP contribution < -0.4 is 15.1 Å². The van der Waals surface area contributed by atoms with Crippen LogP contribution in [0.5, 0.6) is 0 Å². The van der Waals surface area contributed by atoms with Gasteiger partial charge in [-0.3, -0.25) is 9.88 Å². The summed E-state index contributed by atoms with van der Waals surface area (Å²) in [6, 6.07) is 20.2. The highest BCUT2D eigenvalue weighted by Crippen LogP contribution is 2.31. The number of nitrogens with zero attached hydrogens (tertiary/aromatic N) is 5. The second kappa shape index (κ2) is 9.38. The Kier molecular flexibility index (Phi) is 6.17. The van der Waals surface area contributed by atoms with Crippen LogP contribution in [0, 0.1) is 11.3 Å². The quantitative estimate of drug-likeness (QED) is 0.669. The first-order valence-corrected chi connectivity index (χ1v) is 12.0. The topological polar surface area (TPSA) is 58.4 Å². The van der Waals surface area contributed by atoms with Crippen molar-refractivity contribution >= 4 is 22.3 Å². The Morgan fingerprint density at radius 1 is 0.970 bits per heavy atom. The molecule has 1 aromatic heterocycles. The number of hydrogen-bond donors (Lipinski definition) is 1. The molecule has 0 amide bonds. The molecule has 0 aliphatic carbocycles. The standard InChI is InChI=1S/C27H32N6/c1-20-17-32(26-10-11-30-27-23(16-28)4-3-5-25(26)27)18-21(2)33(20)19-22-6-8-24(9-7-22)31-14-12-29-13-15-31/h3-11,20-21,29H,12-15,17-19H2,1-2H3/t20-,21-/m1/s1. The smallest absolute Gasteiger partial charge is 0.101 e. The molecule has 0 saturated carbocycles. The van der Waals surface area contributed by atoms with E-state index in [0.29, 0.717) is 17.6 Å². The lowest BCUT2D eigenvalue weighted by atomic mass is 10.0. The highest BCUT2D eigenvalue weighted by atomic mass is 15.3. The van der Waals surface area contributed by atoms with Gasteiger partial charge in [0.15, 0.2) is 0 Å². The Labute approximate surface area is 196 Å². The molecule has 170 valence electrons. The van der Waals surface area contributed by atoms with Gasteiger partial charge in [-0.2, -0.15) is 5.26 Å². The maximum absolute atomic E-state index is 9.47. The largest absolute Gasteiger partial charge is 0.369 e. The Bertz CT molecular complexity index is 1130. The van der Waals surface area contributed by atoms with Crippen LogP contribution in [-0.4, -0.2) is 61.2 Å². The summed E-state index contributed by atoms with van der Waals surface area (Å²) in [5.74, 6) is 0. The van der Waals surface area contributed by atoms with Gasteiger partial charge in [0.2, 0.25) is 0 Å². The van der Waals surface area contributed by atoms with Crippen LogP contribution in [0.1, 0.15) is 25.0 Å². The number of rotatable bonds is 4. The highest BCUT2D eigenvalue weighted by molar-refractivity contribution is 5.94. The van der Waals surface area contributed by atoms with E-state index in [1.54, 1.807) is 0 Å². The average molecular weight is 441 g/mol. The summed E-state index contributed by atoms with van der Waals surface area (Å²) in [5.41, 5.74) is 5.31. The SMILES string of the molecule is C[C@@H]1CN(c2ccnc3c(C#N)cccc23)C[C@@H](C)N1Cc1ccc(N2CCNCC2)cc1. The van der Waals surface area contributed by atoms with Crippen LogP contribution in [0.2, 0.25) is 0 Å². The van der Waals surface area contributed by atoms with Crippen molar-refractivity contribution < 1.29 is 0 Å². The predicted molar refractivity (Wildman–Crippen MR) is 135 cm³/mol. The van der Waals surface area contributed by atoms with Gasteiger partial charge >= 0.3 is 0 Å². The molecule has 6 heteroatoms. The lowest BCUT2D eigenvalue weighted by Gasteiger charge is -2.45. The van der Waals surface area contributed by atoms with Crippen molar-refractivity contribution in [1.29, 1.82) is 5.26 Å². The second-order valence-corrected chi connectivity index (χ2v) is 9.32. The van der Waals surface area contributed by atoms with Crippen molar-refractivity contribution in [1.82, 2.24) is 15.2 Å². The molecule has 5 rings (SSSR count). The summed E-state index contributed by atoms with van der Waals surface area (Å²) in [5, 5.41) is 14.0. The minimum atomic E-state index is 0.420. The van der Waals surface area contributed by atoms with E-state index >= 15 is 0 Å². The number of fused-ring (bicyclic) bond motifs is 1. The summed E-state index contributed by atoms with van der Waals surface area (Å²) in [4.78, 5) is 12.0. The van der Waals surface area contributed by atoms with Crippen molar-refractivity contribution in [3.63, 3.8) is 0 Å². The summed E-state index contributed by atoms with van der Waals surface area (Å²) in [6.45, 7) is 11.8. The van der Waals surface area contributed by atoms with E-state index in [1.165, 1.54) is 16.9 Å². The molecule has 33 heavy (non-hydrogen) atoms. The Hall–Kier alpha value is -3.14. The summed E-state index contributed by atoms with van der Waals surface area (Å²) in [6.07, 6.45) is 1.83. The molecule has 0 bridgehead atoms. The van der Waals surface area contributed by atoms with Crippen molar-refractivity contribution in [3.8, 4) is 6.07 Å². The van der Waals surface area contributed by atoms with Crippen LogP contribution >= 0.6 is 0 Å². The number of piperazine rings is 2. The van der Waals surface area contributed by atoms with E-state index in [9.17, 15) is 5.26 Å². The third-order valence-electron chi connectivity index (χ3n) is 7.09. The molecule has 2 saturated heterocycles. The van der Waals surface area contributed by atoms with E-state index in [0.717, 1.165) is 56.7 Å². The normalized spacial score (nSPS) is 21.8. The first kappa shape index (κ1) is 21.7. The number of benzene rings is 2. The van der Waals surface area contributed by atoms with Crippen molar-refractivity contribution in [2.45, 2.75) is 32.5 Å². The molecule has 6 nitrogen and oxygen atoms in total. The molecule has 3 heterocycles. The van der Waals surface area contributed by atoms with E-state index in [4.69, 9.17) is 0 Å². The second-order valence-electron chi connectivity index (χ2n) is 9.32. The number of para-hydroxylation sites is 1. The van der Waals surface area contributed by atoms with E-state index in [1.807, 2.05) is 18.3 Å². The third-order valence-corrected chi connectivity index (χ3v) is 7.09. The van der Waals surface area contributed by atoms with Crippen molar-refractivity contribution in [2.75, 3.05) is 49.1 Å². The van der Waals surface area contributed by atoms with E-state index in [-0.39, 0.29) is 0 Å². The van der Waals surface area contributed by atoms with Crippen molar-refractivity contribution in [3.05, 3.63) is 65.9 Å². The maximum Gasteiger partial charge on any atom is 0.101 e. The number of pyridine rings is 1. The minimum absolute atomic E-state index is 0.420. The molecule has 0 radical (unpaired) electrons. The number of anilines is 2. The zero-order chi connectivity index (χ0) is 22.8. The van der Waals surface area contributed by atoms with Gasteiger partial charge in [0.1, 0.15) is 6.07 Å². The maximum atomic E-state index is 9.47. The fraction of sp³-hybridized carbons (Fsp3) is 0.407. The van der Waals surface area contributed by atoms with Crippen LogP contribution in [0.25, 0.3) is 10.9 Å². The molecule has 0 unspecified atom stereocenters. The molecular weight excluding hydrogens is 408 g/mol. The monoisotopic (exact) mass is 440 g/mol. The van der Waals surface area contributed by atoms with Crippen LogP contribution in [-0.2, 0) is 6.54 Å². The van der Waals surface area contributed by atoms with E-state index in [2.05, 4.69) is 81.3 Å². The van der Waals surface area contributed by atoms with Gasteiger partial charge in [-0.1, -0.05) is 24.3 Å². The van der Waals surface area contributed by atoms with Crippen LogP contribution in [0.3, 0.4) is 0 Å². The summed E-state index contributed by atoms with van der Waals surface area (Å²) >= 11 is 0. The fourth-order valence-electron chi connectivity index (χ4n) is 5.34. The Morgan fingerprint density at radius 3 is 2.39 bits per heavy atom. The molecular formula is C27H32N6. The summed E-state index contributed by atoms with van der Waals surface area (Å²) < 4.78 is 0. The zero-order valence-electron chi connectivity index (χ0n) is 19.5.